The third-order valence-electron chi connectivity index (χ3n) is 4.41. The van der Waals surface area contributed by atoms with Crippen molar-refractivity contribution in [1.29, 1.82) is 0 Å². The van der Waals surface area contributed by atoms with E-state index in [1.807, 2.05) is 18.2 Å². The molecule has 1 fully saturated rings. The molecule has 2 aliphatic heterocycles. The number of fused-ring (bicyclic) bond motifs is 1. The Bertz CT molecular complexity index is 691. The molecule has 25 heavy (non-hydrogen) atoms. The SMILES string of the molecule is C=CCN(CC=C)C(=O)C1CCC(=O)N1Cc1ccc2c(c1)OCO2. The molecule has 0 radical (unpaired) electrons. The molecule has 0 N–H and O–H groups in total. The average molecular weight is 342 g/mol. The van der Waals surface area contributed by atoms with Gasteiger partial charge >= 0.3 is 0 Å². The number of hydrogen-bond donors (Lipinski definition) is 0. The third-order valence-corrected chi connectivity index (χ3v) is 4.41. The number of amides is 2. The lowest BCUT2D eigenvalue weighted by Gasteiger charge is -2.29. The third kappa shape index (κ3) is 3.52. The van der Waals surface area contributed by atoms with Gasteiger partial charge in [0.1, 0.15) is 6.04 Å². The molecule has 0 spiro atoms. The van der Waals surface area contributed by atoms with Gasteiger partial charge < -0.3 is 19.3 Å². The van der Waals surface area contributed by atoms with Crippen LogP contribution in [-0.4, -0.2) is 47.5 Å². The molecule has 6 heteroatoms. The molecule has 1 unspecified atom stereocenters. The van der Waals surface area contributed by atoms with Crippen LogP contribution in [0.5, 0.6) is 11.5 Å². The highest BCUT2D eigenvalue weighted by Crippen LogP contribution is 2.33. The van der Waals surface area contributed by atoms with Crippen LogP contribution < -0.4 is 9.47 Å². The van der Waals surface area contributed by atoms with E-state index in [-0.39, 0.29) is 18.6 Å². The van der Waals surface area contributed by atoms with E-state index in [0.29, 0.717) is 44.0 Å². The number of nitrogens with zero attached hydrogens (tertiary/aromatic N) is 2. The predicted octanol–water partition coefficient (Wildman–Crippen LogP) is 2.11. The van der Waals surface area contributed by atoms with Gasteiger partial charge in [-0.05, 0) is 24.1 Å². The van der Waals surface area contributed by atoms with E-state index in [9.17, 15) is 9.59 Å². The Morgan fingerprint density at radius 1 is 1.24 bits per heavy atom. The molecular weight excluding hydrogens is 320 g/mol. The van der Waals surface area contributed by atoms with Crippen molar-refractivity contribution >= 4 is 11.8 Å². The maximum absolute atomic E-state index is 12.9. The maximum Gasteiger partial charge on any atom is 0.245 e. The zero-order chi connectivity index (χ0) is 17.8. The number of likely N-dealkylation sites (tertiary alicyclic amines) is 1. The highest BCUT2D eigenvalue weighted by Gasteiger charge is 2.37. The van der Waals surface area contributed by atoms with Crippen LogP contribution in [0.1, 0.15) is 18.4 Å². The van der Waals surface area contributed by atoms with Crippen LogP contribution in [0.2, 0.25) is 0 Å². The van der Waals surface area contributed by atoms with Gasteiger partial charge in [-0.2, -0.15) is 0 Å². The summed E-state index contributed by atoms with van der Waals surface area (Å²) in [5.41, 5.74) is 0.913. The molecule has 2 amide bonds. The molecule has 1 saturated heterocycles. The molecule has 2 aliphatic rings. The van der Waals surface area contributed by atoms with Crippen molar-refractivity contribution in [1.82, 2.24) is 9.80 Å². The van der Waals surface area contributed by atoms with E-state index in [1.54, 1.807) is 22.0 Å². The fraction of sp³-hybridized carbons (Fsp3) is 0.368. The van der Waals surface area contributed by atoms with E-state index in [4.69, 9.17) is 9.47 Å². The molecule has 132 valence electrons. The molecule has 1 aromatic carbocycles. The van der Waals surface area contributed by atoms with Crippen molar-refractivity contribution in [3.63, 3.8) is 0 Å². The Morgan fingerprint density at radius 3 is 2.68 bits per heavy atom. The first-order valence-corrected chi connectivity index (χ1v) is 8.32. The van der Waals surface area contributed by atoms with Crippen LogP contribution >= 0.6 is 0 Å². The molecule has 2 heterocycles. The number of rotatable bonds is 7. The van der Waals surface area contributed by atoms with Gasteiger partial charge in [-0.3, -0.25) is 9.59 Å². The largest absolute Gasteiger partial charge is 0.454 e. The monoisotopic (exact) mass is 342 g/mol. The van der Waals surface area contributed by atoms with E-state index >= 15 is 0 Å². The predicted molar refractivity (Wildman–Crippen MR) is 93.1 cm³/mol. The highest BCUT2D eigenvalue weighted by atomic mass is 16.7. The Labute approximate surface area is 147 Å². The highest BCUT2D eigenvalue weighted by molar-refractivity contribution is 5.91. The van der Waals surface area contributed by atoms with Crippen molar-refractivity contribution in [2.45, 2.75) is 25.4 Å². The molecule has 1 atom stereocenters. The smallest absolute Gasteiger partial charge is 0.245 e. The first kappa shape index (κ1) is 17.1. The molecule has 3 rings (SSSR count). The average Bonchev–Trinajstić information content (AvgIpc) is 3.21. The van der Waals surface area contributed by atoms with Gasteiger partial charge in [0.2, 0.25) is 18.6 Å². The summed E-state index contributed by atoms with van der Waals surface area (Å²) in [4.78, 5) is 28.5. The van der Waals surface area contributed by atoms with Crippen molar-refractivity contribution < 1.29 is 19.1 Å². The summed E-state index contributed by atoms with van der Waals surface area (Å²) in [7, 11) is 0. The van der Waals surface area contributed by atoms with Crippen LogP contribution in [0.4, 0.5) is 0 Å². The lowest BCUT2D eigenvalue weighted by molar-refractivity contribution is -0.141. The summed E-state index contributed by atoms with van der Waals surface area (Å²) in [6, 6.07) is 5.14. The van der Waals surface area contributed by atoms with Gasteiger partial charge in [-0.25, -0.2) is 0 Å². The number of carbonyl (C=O) groups is 2. The minimum Gasteiger partial charge on any atom is -0.454 e. The van der Waals surface area contributed by atoms with E-state index in [0.717, 1.165) is 5.56 Å². The lowest BCUT2D eigenvalue weighted by Crippen LogP contribution is -2.46. The molecule has 6 nitrogen and oxygen atoms in total. The quantitative estimate of drug-likeness (QED) is 0.712. The zero-order valence-corrected chi connectivity index (χ0v) is 14.1. The molecule has 0 aromatic heterocycles. The zero-order valence-electron chi connectivity index (χ0n) is 14.1. The minimum absolute atomic E-state index is 0.00632. The number of ether oxygens (including phenoxy) is 2. The first-order chi connectivity index (χ1) is 12.1. The fourth-order valence-electron chi connectivity index (χ4n) is 3.20. The lowest BCUT2D eigenvalue weighted by atomic mass is 10.1. The Hall–Kier alpha value is -2.76. The molecule has 1 aromatic rings. The van der Waals surface area contributed by atoms with Gasteiger partial charge in [0.15, 0.2) is 11.5 Å². The van der Waals surface area contributed by atoms with E-state index < -0.39 is 6.04 Å². The van der Waals surface area contributed by atoms with E-state index in [2.05, 4.69) is 13.2 Å². The summed E-state index contributed by atoms with van der Waals surface area (Å²) < 4.78 is 10.7. The normalized spacial score (nSPS) is 18.3. The van der Waals surface area contributed by atoms with Crippen molar-refractivity contribution in [2.24, 2.45) is 0 Å². The molecule has 0 bridgehead atoms. The van der Waals surface area contributed by atoms with E-state index in [1.165, 1.54) is 0 Å². The number of benzene rings is 1. The first-order valence-electron chi connectivity index (χ1n) is 8.32. The van der Waals surface area contributed by atoms with Crippen LogP contribution in [0.25, 0.3) is 0 Å². The second kappa shape index (κ2) is 7.42. The summed E-state index contributed by atoms with van der Waals surface area (Å²) in [5.74, 6) is 1.30. The topological polar surface area (TPSA) is 59.1 Å². The van der Waals surface area contributed by atoms with Crippen LogP contribution in [0, 0.1) is 0 Å². The van der Waals surface area contributed by atoms with Gasteiger partial charge in [0, 0.05) is 26.1 Å². The second-order valence-electron chi connectivity index (χ2n) is 6.08. The van der Waals surface area contributed by atoms with Gasteiger partial charge in [-0.15, -0.1) is 13.2 Å². The fourth-order valence-corrected chi connectivity index (χ4v) is 3.20. The number of hydrogen-bond acceptors (Lipinski definition) is 4. The summed E-state index contributed by atoms with van der Waals surface area (Å²) in [5, 5.41) is 0. The van der Waals surface area contributed by atoms with Crippen molar-refractivity contribution in [2.75, 3.05) is 19.9 Å². The minimum atomic E-state index is -0.446. The Kier molecular flexibility index (Phi) is 5.07. The van der Waals surface area contributed by atoms with Crippen LogP contribution in [-0.2, 0) is 16.1 Å². The Morgan fingerprint density at radius 2 is 1.96 bits per heavy atom. The van der Waals surface area contributed by atoms with Gasteiger partial charge in [0.25, 0.3) is 0 Å². The van der Waals surface area contributed by atoms with Crippen molar-refractivity contribution in [3.8, 4) is 11.5 Å². The summed E-state index contributed by atoms with van der Waals surface area (Å²) in [6.45, 7) is 8.85. The van der Waals surface area contributed by atoms with Crippen LogP contribution in [0.15, 0.2) is 43.5 Å². The van der Waals surface area contributed by atoms with Crippen molar-refractivity contribution in [3.05, 3.63) is 49.1 Å². The second-order valence-corrected chi connectivity index (χ2v) is 6.08. The number of carbonyl (C=O) groups excluding carboxylic acids is 2. The summed E-state index contributed by atoms with van der Waals surface area (Å²) in [6.07, 6.45) is 4.28. The molecule has 0 saturated carbocycles. The Balaban J connectivity index is 1.76. The summed E-state index contributed by atoms with van der Waals surface area (Å²) >= 11 is 0. The van der Waals surface area contributed by atoms with Crippen LogP contribution in [0.3, 0.4) is 0 Å². The molecular formula is C19H22N2O4. The van der Waals surface area contributed by atoms with Gasteiger partial charge in [0.05, 0.1) is 0 Å². The molecule has 0 aliphatic carbocycles. The maximum atomic E-state index is 12.9. The van der Waals surface area contributed by atoms with Gasteiger partial charge in [-0.1, -0.05) is 18.2 Å². The standard InChI is InChI=1S/C19H22N2O4/c1-3-9-20(10-4-2)19(23)15-6-8-18(22)21(15)12-14-5-7-16-17(11-14)25-13-24-16/h3-5,7,11,15H,1-2,6,8-10,12-13H2.